The number of amides is 2. The van der Waals surface area contributed by atoms with Crippen LogP contribution in [0.1, 0.15) is 41.6 Å². The largest absolute Gasteiger partial charge is 0.495 e. The van der Waals surface area contributed by atoms with E-state index < -0.39 is 10.0 Å². The Morgan fingerprint density at radius 3 is 2.58 bits per heavy atom. The Kier molecular flexibility index (Phi) is 7.70. The predicted octanol–water partition coefficient (Wildman–Crippen LogP) is 2.63. The Morgan fingerprint density at radius 1 is 1.09 bits per heavy atom. The lowest BCUT2D eigenvalue weighted by molar-refractivity contribution is -0.116. The van der Waals surface area contributed by atoms with E-state index in [1.165, 1.54) is 12.0 Å². The van der Waals surface area contributed by atoms with Crippen LogP contribution in [0.25, 0.3) is 0 Å². The van der Waals surface area contributed by atoms with Gasteiger partial charge in [0.25, 0.3) is 15.9 Å². The van der Waals surface area contributed by atoms with Gasteiger partial charge in [-0.15, -0.1) is 0 Å². The third-order valence-corrected chi connectivity index (χ3v) is 6.52. The van der Waals surface area contributed by atoms with Gasteiger partial charge in [-0.3, -0.25) is 19.3 Å². The van der Waals surface area contributed by atoms with Crippen molar-refractivity contribution in [3.63, 3.8) is 0 Å². The van der Waals surface area contributed by atoms with Gasteiger partial charge in [0.05, 0.1) is 17.7 Å². The number of aliphatic imine (C=N–C) groups is 1. The molecule has 0 radical (unpaired) electrons. The van der Waals surface area contributed by atoms with Crippen LogP contribution in [0.3, 0.4) is 0 Å². The molecule has 0 saturated heterocycles. The number of nitrogens with zero attached hydrogens (tertiary/aromatic N) is 2. The van der Waals surface area contributed by atoms with Crippen LogP contribution in [0.4, 0.5) is 5.69 Å². The predicted molar refractivity (Wildman–Crippen MR) is 126 cm³/mol. The van der Waals surface area contributed by atoms with E-state index in [9.17, 15) is 18.0 Å². The summed E-state index contributed by atoms with van der Waals surface area (Å²) in [5, 5.41) is 2.81. The van der Waals surface area contributed by atoms with Crippen LogP contribution in [0.2, 0.25) is 0 Å². The number of fused-ring (bicyclic) bond motifs is 1. The zero-order valence-electron chi connectivity index (χ0n) is 18.9. The summed E-state index contributed by atoms with van der Waals surface area (Å²) >= 11 is 0. The van der Waals surface area contributed by atoms with Crippen LogP contribution in [0.15, 0.2) is 52.4 Å². The maximum absolute atomic E-state index is 12.4. The summed E-state index contributed by atoms with van der Waals surface area (Å²) in [6.45, 7) is 0.455. The number of unbranched alkanes of at least 4 members (excludes halogenated alkanes) is 2. The second-order valence-electron chi connectivity index (χ2n) is 7.81. The fourth-order valence-corrected chi connectivity index (χ4v) is 4.68. The summed E-state index contributed by atoms with van der Waals surface area (Å²) in [6.07, 6.45) is 2.43. The highest BCUT2D eigenvalue weighted by atomic mass is 32.2. The Bertz CT molecular complexity index is 1180. The van der Waals surface area contributed by atoms with Crippen molar-refractivity contribution in [2.75, 3.05) is 33.1 Å². The van der Waals surface area contributed by atoms with E-state index in [2.05, 4.69) is 15.0 Å². The molecule has 10 heteroatoms. The van der Waals surface area contributed by atoms with Gasteiger partial charge in [-0.05, 0) is 43.2 Å². The first-order valence-electron chi connectivity index (χ1n) is 10.6. The van der Waals surface area contributed by atoms with E-state index in [4.69, 9.17) is 4.74 Å². The van der Waals surface area contributed by atoms with Crippen LogP contribution in [-0.2, 0) is 14.8 Å². The van der Waals surface area contributed by atoms with Crippen molar-refractivity contribution >= 4 is 33.4 Å². The molecule has 1 aliphatic rings. The number of carbonyl (C=O) groups is 2. The lowest BCUT2D eigenvalue weighted by atomic mass is 10.1. The summed E-state index contributed by atoms with van der Waals surface area (Å²) in [5.74, 6) is 0.505. The van der Waals surface area contributed by atoms with E-state index >= 15 is 0 Å². The molecular formula is C23H28N4O5S. The maximum Gasteiger partial charge on any atom is 0.263 e. The summed E-state index contributed by atoms with van der Waals surface area (Å²) < 4.78 is 32.0. The lowest BCUT2D eigenvalue weighted by Crippen LogP contribution is -2.22. The minimum Gasteiger partial charge on any atom is -0.495 e. The fraction of sp³-hybridized carbons (Fsp3) is 0.348. The molecule has 2 aromatic rings. The summed E-state index contributed by atoms with van der Waals surface area (Å²) in [4.78, 5) is 30.6. The number of nitrogens with one attached hydrogen (secondary N) is 2. The third kappa shape index (κ3) is 5.89. The van der Waals surface area contributed by atoms with Gasteiger partial charge in [-0.2, -0.15) is 0 Å². The molecule has 0 spiro atoms. The van der Waals surface area contributed by atoms with Gasteiger partial charge < -0.3 is 15.0 Å². The minimum atomic E-state index is -3.53. The van der Waals surface area contributed by atoms with Gasteiger partial charge in [0, 0.05) is 38.2 Å². The van der Waals surface area contributed by atoms with Gasteiger partial charge in [0.15, 0.2) is 0 Å². The van der Waals surface area contributed by atoms with Crippen molar-refractivity contribution in [1.29, 1.82) is 0 Å². The first-order valence-corrected chi connectivity index (χ1v) is 12.1. The van der Waals surface area contributed by atoms with Gasteiger partial charge in [-0.1, -0.05) is 18.6 Å². The van der Waals surface area contributed by atoms with Crippen LogP contribution >= 0.6 is 0 Å². The highest BCUT2D eigenvalue weighted by Crippen LogP contribution is 2.26. The van der Waals surface area contributed by atoms with E-state index in [1.807, 2.05) is 0 Å². The van der Waals surface area contributed by atoms with Crippen molar-refractivity contribution in [2.24, 2.45) is 4.99 Å². The molecule has 0 saturated carbocycles. The summed E-state index contributed by atoms with van der Waals surface area (Å²) in [5.41, 5.74) is 1.49. The van der Waals surface area contributed by atoms with Crippen molar-refractivity contribution < 1.29 is 22.7 Å². The SMILES string of the molecule is COc1ccc(C(=O)N(C)C)cc1NC(=O)CCCCCN=C1NS(=O)(=O)c2ccccc21. The van der Waals surface area contributed by atoms with Crippen LogP contribution in [0, 0.1) is 0 Å². The monoisotopic (exact) mass is 472 g/mol. The van der Waals surface area contributed by atoms with Crippen molar-refractivity contribution in [3.8, 4) is 5.75 Å². The van der Waals surface area contributed by atoms with Crippen molar-refractivity contribution in [2.45, 2.75) is 30.6 Å². The molecule has 33 heavy (non-hydrogen) atoms. The Hall–Kier alpha value is -3.40. The van der Waals surface area contributed by atoms with Crippen molar-refractivity contribution in [3.05, 3.63) is 53.6 Å². The summed E-state index contributed by atoms with van der Waals surface area (Å²) in [6, 6.07) is 11.7. The minimum absolute atomic E-state index is 0.165. The molecule has 2 N–H and O–H groups in total. The van der Waals surface area contributed by atoms with Gasteiger partial charge in [-0.25, -0.2) is 8.42 Å². The molecule has 2 amide bonds. The topological polar surface area (TPSA) is 117 Å². The van der Waals surface area contributed by atoms with E-state index in [1.54, 1.807) is 56.6 Å². The molecule has 0 bridgehead atoms. The maximum atomic E-state index is 12.4. The molecule has 0 unspecified atom stereocenters. The number of rotatable bonds is 9. The molecule has 2 aromatic carbocycles. The number of hydrogen-bond donors (Lipinski definition) is 2. The van der Waals surface area contributed by atoms with Crippen LogP contribution < -0.4 is 14.8 Å². The highest BCUT2D eigenvalue weighted by Gasteiger charge is 2.29. The number of ether oxygens (including phenoxy) is 1. The third-order valence-electron chi connectivity index (χ3n) is 5.12. The highest BCUT2D eigenvalue weighted by molar-refractivity contribution is 7.90. The average Bonchev–Trinajstić information content (AvgIpc) is 3.05. The molecule has 0 atom stereocenters. The quantitative estimate of drug-likeness (QED) is 0.544. The number of carbonyl (C=O) groups excluding carboxylic acids is 2. The Labute approximate surface area is 193 Å². The van der Waals surface area contributed by atoms with Crippen molar-refractivity contribution in [1.82, 2.24) is 9.62 Å². The fourth-order valence-electron chi connectivity index (χ4n) is 3.43. The first kappa shape index (κ1) is 24.2. The Balaban J connectivity index is 1.48. The number of benzene rings is 2. The number of anilines is 1. The molecule has 3 rings (SSSR count). The smallest absolute Gasteiger partial charge is 0.263 e. The molecule has 0 fully saturated rings. The molecule has 1 aliphatic heterocycles. The lowest BCUT2D eigenvalue weighted by Gasteiger charge is -2.14. The van der Waals surface area contributed by atoms with Gasteiger partial charge in [0.1, 0.15) is 11.6 Å². The van der Waals surface area contributed by atoms with Crippen LogP contribution in [0.5, 0.6) is 5.75 Å². The zero-order chi connectivity index (χ0) is 24.0. The average molecular weight is 473 g/mol. The van der Waals surface area contributed by atoms with Gasteiger partial charge in [0.2, 0.25) is 5.91 Å². The van der Waals surface area contributed by atoms with E-state index in [-0.39, 0.29) is 16.7 Å². The molecule has 176 valence electrons. The number of sulfonamides is 1. The molecule has 0 aliphatic carbocycles. The van der Waals surface area contributed by atoms with E-state index in [0.717, 1.165) is 12.8 Å². The normalized spacial score (nSPS) is 14.9. The number of methoxy groups -OCH3 is 1. The second kappa shape index (κ2) is 10.5. The van der Waals surface area contributed by atoms with Crippen LogP contribution in [-0.4, -0.2) is 58.7 Å². The Morgan fingerprint density at radius 2 is 1.85 bits per heavy atom. The molecular weight excluding hydrogens is 444 g/mol. The number of amidine groups is 1. The molecule has 1 heterocycles. The standard InChI is InChI=1S/C23H28N4O5S/c1-27(2)23(29)16-12-13-19(32-3)18(15-16)25-21(28)11-5-4-8-14-24-22-17-9-6-7-10-20(17)33(30,31)26-22/h6-7,9-10,12-13,15H,4-5,8,11,14H2,1-3H3,(H,24,26)(H,25,28). The molecule has 0 aromatic heterocycles. The number of hydrogen-bond acceptors (Lipinski definition) is 6. The second-order valence-corrected chi connectivity index (χ2v) is 9.46. The van der Waals surface area contributed by atoms with E-state index in [0.29, 0.717) is 47.8 Å². The molecule has 9 nitrogen and oxygen atoms in total. The van der Waals surface area contributed by atoms with Gasteiger partial charge >= 0.3 is 0 Å². The summed E-state index contributed by atoms with van der Waals surface area (Å²) in [7, 11) is 1.30. The first-order chi connectivity index (χ1) is 15.7. The zero-order valence-corrected chi connectivity index (χ0v) is 19.7.